The number of benzene rings is 2. The molecule has 4 rings (SSSR count). The molecule has 2 aromatic carbocycles. The second-order valence-electron chi connectivity index (χ2n) is 4.93. The molecule has 0 fully saturated rings. The Morgan fingerprint density at radius 3 is 2.62 bits per heavy atom. The minimum Gasteiger partial charge on any atom is -0.331 e. The lowest BCUT2D eigenvalue weighted by molar-refractivity contribution is 0.630. The molecule has 2 N–H and O–H groups in total. The maximum Gasteiger partial charge on any atom is 0.189 e. The van der Waals surface area contributed by atoms with Crippen LogP contribution in [0.1, 0.15) is 0 Å². The summed E-state index contributed by atoms with van der Waals surface area (Å²) >= 11 is 8.74. The van der Waals surface area contributed by atoms with Gasteiger partial charge in [-0.05, 0) is 42.5 Å². The third kappa shape index (κ3) is 3.33. The van der Waals surface area contributed by atoms with Gasteiger partial charge in [0.05, 0.1) is 10.2 Å². The van der Waals surface area contributed by atoms with Gasteiger partial charge in [0.2, 0.25) is 0 Å². The lowest BCUT2D eigenvalue weighted by Gasteiger charge is -2.01. The Hall–Kier alpha value is -2.22. The SMILES string of the molecule is Fc1ccc2nc(Nc3csc(Nc4ccc(Cl)cc4)n3)sc2c1. The molecule has 8 heteroatoms. The van der Waals surface area contributed by atoms with Crippen LogP contribution < -0.4 is 10.6 Å². The number of hydrogen-bond acceptors (Lipinski definition) is 6. The smallest absolute Gasteiger partial charge is 0.189 e. The molecule has 0 aliphatic carbocycles. The Morgan fingerprint density at radius 2 is 1.79 bits per heavy atom. The molecular formula is C16H10ClFN4S2. The first-order valence-electron chi connectivity index (χ1n) is 6.97. The normalized spacial score (nSPS) is 10.9. The van der Waals surface area contributed by atoms with Crippen molar-refractivity contribution in [3.8, 4) is 0 Å². The molecule has 120 valence electrons. The molecule has 2 aromatic heterocycles. The summed E-state index contributed by atoms with van der Waals surface area (Å²) in [7, 11) is 0. The van der Waals surface area contributed by atoms with Crippen LogP contribution in [0.4, 0.5) is 26.2 Å². The van der Waals surface area contributed by atoms with E-state index in [4.69, 9.17) is 11.6 Å². The Kier molecular flexibility index (Phi) is 4.05. The fraction of sp³-hybridized carbons (Fsp3) is 0. The first kappa shape index (κ1) is 15.3. The second-order valence-corrected chi connectivity index (χ2v) is 7.25. The molecule has 0 bridgehead atoms. The van der Waals surface area contributed by atoms with Crippen LogP contribution in [0.5, 0.6) is 0 Å². The van der Waals surface area contributed by atoms with Gasteiger partial charge in [-0.15, -0.1) is 11.3 Å². The van der Waals surface area contributed by atoms with E-state index in [1.54, 1.807) is 6.07 Å². The minimum absolute atomic E-state index is 0.263. The number of aromatic nitrogens is 2. The summed E-state index contributed by atoms with van der Waals surface area (Å²) in [4.78, 5) is 8.89. The topological polar surface area (TPSA) is 49.8 Å². The second kappa shape index (κ2) is 6.35. The van der Waals surface area contributed by atoms with E-state index in [9.17, 15) is 4.39 Å². The first-order valence-corrected chi connectivity index (χ1v) is 9.04. The van der Waals surface area contributed by atoms with E-state index in [1.165, 1.54) is 34.8 Å². The lowest BCUT2D eigenvalue weighted by Crippen LogP contribution is -1.92. The molecule has 0 spiro atoms. The standard InChI is InChI=1S/C16H10ClFN4S2/c17-9-1-4-11(5-2-9)19-15-21-14(8-23-15)22-16-20-12-6-3-10(18)7-13(12)24-16/h1-8H,(H,19,21)(H,20,22). The van der Waals surface area contributed by atoms with Crippen molar-refractivity contribution in [3.05, 3.63) is 58.7 Å². The van der Waals surface area contributed by atoms with E-state index < -0.39 is 0 Å². The van der Waals surface area contributed by atoms with Crippen molar-refractivity contribution in [2.75, 3.05) is 10.6 Å². The van der Waals surface area contributed by atoms with Crippen molar-refractivity contribution < 1.29 is 4.39 Å². The van der Waals surface area contributed by atoms with Gasteiger partial charge in [0.15, 0.2) is 10.3 Å². The predicted octanol–water partition coefficient (Wildman–Crippen LogP) is 6.03. The average molecular weight is 377 g/mol. The third-order valence-electron chi connectivity index (χ3n) is 3.19. The fourth-order valence-electron chi connectivity index (χ4n) is 2.11. The molecular weight excluding hydrogens is 367 g/mol. The number of nitrogens with zero attached hydrogens (tertiary/aromatic N) is 2. The summed E-state index contributed by atoms with van der Waals surface area (Å²) in [6.07, 6.45) is 0. The highest BCUT2D eigenvalue weighted by Crippen LogP contribution is 2.30. The average Bonchev–Trinajstić information content (AvgIpc) is 3.16. The van der Waals surface area contributed by atoms with E-state index in [-0.39, 0.29) is 5.82 Å². The van der Waals surface area contributed by atoms with E-state index >= 15 is 0 Å². The zero-order valence-electron chi connectivity index (χ0n) is 12.1. The predicted molar refractivity (Wildman–Crippen MR) is 99.7 cm³/mol. The Morgan fingerprint density at radius 1 is 0.958 bits per heavy atom. The van der Waals surface area contributed by atoms with Crippen molar-refractivity contribution in [1.29, 1.82) is 0 Å². The monoisotopic (exact) mass is 376 g/mol. The van der Waals surface area contributed by atoms with Crippen molar-refractivity contribution in [1.82, 2.24) is 9.97 Å². The zero-order chi connectivity index (χ0) is 16.5. The molecule has 24 heavy (non-hydrogen) atoms. The van der Waals surface area contributed by atoms with Crippen LogP contribution in [0.25, 0.3) is 10.2 Å². The molecule has 0 radical (unpaired) electrons. The summed E-state index contributed by atoms with van der Waals surface area (Å²) in [5, 5.41) is 10.4. The summed E-state index contributed by atoms with van der Waals surface area (Å²) in [5.74, 6) is 0.428. The van der Waals surface area contributed by atoms with Crippen LogP contribution in [-0.4, -0.2) is 9.97 Å². The van der Waals surface area contributed by atoms with Crippen LogP contribution in [-0.2, 0) is 0 Å². The quantitative estimate of drug-likeness (QED) is 0.456. The van der Waals surface area contributed by atoms with Crippen molar-refractivity contribution in [2.45, 2.75) is 0 Å². The van der Waals surface area contributed by atoms with Gasteiger partial charge in [-0.1, -0.05) is 22.9 Å². The van der Waals surface area contributed by atoms with Gasteiger partial charge in [0.1, 0.15) is 11.6 Å². The van der Waals surface area contributed by atoms with E-state index in [2.05, 4.69) is 20.6 Å². The number of halogens is 2. The van der Waals surface area contributed by atoms with Gasteiger partial charge in [-0.3, -0.25) is 0 Å². The highest BCUT2D eigenvalue weighted by atomic mass is 35.5. The summed E-state index contributed by atoms with van der Waals surface area (Å²) in [5.41, 5.74) is 1.68. The molecule has 0 unspecified atom stereocenters. The van der Waals surface area contributed by atoms with E-state index in [1.807, 2.05) is 29.6 Å². The van der Waals surface area contributed by atoms with Gasteiger partial charge in [-0.25, -0.2) is 14.4 Å². The van der Waals surface area contributed by atoms with Crippen molar-refractivity contribution in [2.24, 2.45) is 0 Å². The molecule has 0 saturated heterocycles. The van der Waals surface area contributed by atoms with Gasteiger partial charge in [0, 0.05) is 16.1 Å². The maximum absolute atomic E-state index is 13.2. The molecule has 2 heterocycles. The van der Waals surface area contributed by atoms with E-state index in [0.717, 1.165) is 21.0 Å². The Balaban J connectivity index is 1.50. The Bertz CT molecular complexity index is 997. The maximum atomic E-state index is 13.2. The van der Waals surface area contributed by atoms with Crippen LogP contribution in [0.2, 0.25) is 5.02 Å². The summed E-state index contributed by atoms with van der Waals surface area (Å²) in [6.45, 7) is 0. The van der Waals surface area contributed by atoms with Crippen LogP contribution in [0, 0.1) is 5.82 Å². The number of fused-ring (bicyclic) bond motifs is 1. The number of rotatable bonds is 4. The summed E-state index contributed by atoms with van der Waals surface area (Å²) < 4.78 is 14.0. The van der Waals surface area contributed by atoms with Crippen LogP contribution in [0.15, 0.2) is 47.8 Å². The van der Waals surface area contributed by atoms with Crippen LogP contribution in [0.3, 0.4) is 0 Å². The number of hydrogen-bond donors (Lipinski definition) is 2. The molecule has 0 aliphatic rings. The first-order chi connectivity index (χ1) is 11.7. The fourth-order valence-corrected chi connectivity index (χ4v) is 3.79. The number of thiazole rings is 2. The largest absolute Gasteiger partial charge is 0.331 e. The van der Waals surface area contributed by atoms with Gasteiger partial charge >= 0.3 is 0 Å². The zero-order valence-corrected chi connectivity index (χ0v) is 14.5. The number of anilines is 4. The lowest BCUT2D eigenvalue weighted by atomic mass is 10.3. The Labute approximate surface area is 150 Å². The molecule has 4 nitrogen and oxygen atoms in total. The molecule has 4 aromatic rings. The minimum atomic E-state index is -0.263. The van der Waals surface area contributed by atoms with Crippen LogP contribution >= 0.6 is 34.3 Å². The third-order valence-corrected chi connectivity index (χ3v) is 5.13. The highest BCUT2D eigenvalue weighted by Gasteiger charge is 2.08. The summed E-state index contributed by atoms with van der Waals surface area (Å²) in [6, 6.07) is 12.0. The molecule has 0 saturated carbocycles. The molecule has 0 amide bonds. The van der Waals surface area contributed by atoms with Crippen molar-refractivity contribution >= 4 is 66.3 Å². The highest BCUT2D eigenvalue weighted by molar-refractivity contribution is 7.22. The number of nitrogens with one attached hydrogen (secondary N) is 2. The molecule has 0 atom stereocenters. The van der Waals surface area contributed by atoms with Crippen molar-refractivity contribution in [3.63, 3.8) is 0 Å². The van der Waals surface area contributed by atoms with Gasteiger partial charge in [0.25, 0.3) is 0 Å². The van der Waals surface area contributed by atoms with E-state index in [0.29, 0.717) is 16.0 Å². The van der Waals surface area contributed by atoms with Gasteiger partial charge in [-0.2, -0.15) is 0 Å². The van der Waals surface area contributed by atoms with Gasteiger partial charge < -0.3 is 10.6 Å². The molecule has 0 aliphatic heterocycles.